The van der Waals surface area contributed by atoms with Crippen LogP contribution in [-0.2, 0) is 12.8 Å². The molecule has 0 saturated heterocycles. The molecule has 0 aliphatic rings. The van der Waals surface area contributed by atoms with Crippen LogP contribution in [0.15, 0.2) is 18.3 Å². The molecule has 0 aliphatic heterocycles. The first kappa shape index (κ1) is 13.6. The van der Waals surface area contributed by atoms with Gasteiger partial charge in [-0.1, -0.05) is 33.8 Å². The number of rotatable bonds is 2. The molecule has 0 spiro atoms. The van der Waals surface area contributed by atoms with Gasteiger partial charge in [-0.2, -0.15) is 0 Å². The molecule has 2 aromatic rings. The third kappa shape index (κ3) is 2.78. The van der Waals surface area contributed by atoms with E-state index in [1.807, 2.05) is 33.8 Å². The molecule has 0 N–H and O–H groups in total. The van der Waals surface area contributed by atoms with Crippen LogP contribution in [0, 0.1) is 5.82 Å². The maximum Gasteiger partial charge on any atom is 0.154 e. The summed E-state index contributed by atoms with van der Waals surface area (Å²) >= 11 is 0. The second kappa shape index (κ2) is 6.28. The molecule has 0 fully saturated rings. The van der Waals surface area contributed by atoms with Gasteiger partial charge in [-0.05, 0) is 24.5 Å². The summed E-state index contributed by atoms with van der Waals surface area (Å²) in [5.74, 6) is -0.231. The van der Waals surface area contributed by atoms with Crippen LogP contribution in [0.2, 0.25) is 0 Å². The van der Waals surface area contributed by atoms with Crippen molar-refractivity contribution in [3.63, 3.8) is 0 Å². The SMILES string of the molecule is CC.CCc1cnc2c(F)c(CC)ccc2n1. The fourth-order valence-electron chi connectivity index (χ4n) is 1.58. The van der Waals surface area contributed by atoms with Gasteiger partial charge < -0.3 is 0 Å². The number of hydrogen-bond donors (Lipinski definition) is 0. The van der Waals surface area contributed by atoms with Gasteiger partial charge in [-0.3, -0.25) is 0 Å². The Labute approximate surface area is 102 Å². The molecule has 17 heavy (non-hydrogen) atoms. The van der Waals surface area contributed by atoms with Gasteiger partial charge in [0.2, 0.25) is 0 Å². The second-order valence-corrected chi connectivity index (χ2v) is 3.47. The number of nitrogens with zero attached hydrogens (tertiary/aromatic N) is 2. The van der Waals surface area contributed by atoms with Crippen molar-refractivity contribution in [1.29, 1.82) is 0 Å². The van der Waals surface area contributed by atoms with Crippen molar-refractivity contribution in [2.45, 2.75) is 40.5 Å². The lowest BCUT2D eigenvalue weighted by Gasteiger charge is -2.04. The number of aryl methyl sites for hydroxylation is 2. The molecular weight excluding hydrogens is 215 g/mol. The monoisotopic (exact) mass is 234 g/mol. The zero-order valence-electron chi connectivity index (χ0n) is 10.9. The van der Waals surface area contributed by atoms with Gasteiger partial charge in [0.05, 0.1) is 11.2 Å². The third-order valence-corrected chi connectivity index (χ3v) is 2.52. The minimum atomic E-state index is -0.231. The quantitative estimate of drug-likeness (QED) is 0.787. The Balaban J connectivity index is 0.000000686. The predicted molar refractivity (Wildman–Crippen MR) is 69.6 cm³/mol. The van der Waals surface area contributed by atoms with Gasteiger partial charge >= 0.3 is 0 Å². The summed E-state index contributed by atoms with van der Waals surface area (Å²) in [6.45, 7) is 7.94. The van der Waals surface area contributed by atoms with Crippen molar-refractivity contribution in [1.82, 2.24) is 9.97 Å². The largest absolute Gasteiger partial charge is 0.250 e. The molecular formula is C14H19FN2. The highest BCUT2D eigenvalue weighted by Crippen LogP contribution is 2.18. The first-order chi connectivity index (χ1) is 8.26. The van der Waals surface area contributed by atoms with E-state index in [1.165, 1.54) is 0 Å². The highest BCUT2D eigenvalue weighted by atomic mass is 19.1. The minimum Gasteiger partial charge on any atom is -0.250 e. The smallest absolute Gasteiger partial charge is 0.154 e. The molecule has 0 amide bonds. The lowest BCUT2D eigenvalue weighted by Crippen LogP contribution is -1.96. The van der Waals surface area contributed by atoms with E-state index in [0.717, 1.165) is 12.1 Å². The number of hydrogen-bond acceptors (Lipinski definition) is 2. The zero-order chi connectivity index (χ0) is 12.8. The van der Waals surface area contributed by atoms with Crippen molar-refractivity contribution in [2.24, 2.45) is 0 Å². The highest BCUT2D eigenvalue weighted by Gasteiger charge is 2.08. The minimum absolute atomic E-state index is 0.231. The Morgan fingerprint density at radius 2 is 1.82 bits per heavy atom. The average Bonchev–Trinajstić information content (AvgIpc) is 2.41. The Morgan fingerprint density at radius 1 is 1.12 bits per heavy atom. The molecule has 0 radical (unpaired) electrons. The maximum absolute atomic E-state index is 13.8. The molecule has 3 heteroatoms. The van der Waals surface area contributed by atoms with E-state index < -0.39 is 0 Å². The van der Waals surface area contributed by atoms with E-state index in [9.17, 15) is 4.39 Å². The summed E-state index contributed by atoms with van der Waals surface area (Å²) in [4.78, 5) is 8.45. The summed E-state index contributed by atoms with van der Waals surface area (Å²) in [5, 5.41) is 0. The molecule has 0 atom stereocenters. The van der Waals surface area contributed by atoms with Crippen LogP contribution < -0.4 is 0 Å². The lowest BCUT2D eigenvalue weighted by atomic mass is 10.1. The van der Waals surface area contributed by atoms with Crippen molar-refractivity contribution < 1.29 is 4.39 Å². The molecule has 92 valence electrons. The van der Waals surface area contributed by atoms with Crippen LogP contribution in [-0.4, -0.2) is 9.97 Å². The standard InChI is InChI=1S/C12H13FN2.C2H6/c1-3-8-5-6-10-12(11(8)13)14-7-9(4-2)15-10;1-2/h5-7H,3-4H2,1-2H3;1-2H3. The average molecular weight is 234 g/mol. The molecule has 2 rings (SSSR count). The molecule has 0 saturated carbocycles. The van der Waals surface area contributed by atoms with E-state index in [-0.39, 0.29) is 5.82 Å². The fraction of sp³-hybridized carbons (Fsp3) is 0.429. The van der Waals surface area contributed by atoms with Gasteiger partial charge in [0, 0.05) is 6.20 Å². The highest BCUT2D eigenvalue weighted by molar-refractivity contribution is 5.75. The molecule has 1 heterocycles. The van der Waals surface area contributed by atoms with Gasteiger partial charge in [0.15, 0.2) is 5.82 Å². The van der Waals surface area contributed by atoms with Crippen molar-refractivity contribution in [3.05, 3.63) is 35.4 Å². The van der Waals surface area contributed by atoms with E-state index in [2.05, 4.69) is 9.97 Å². The Kier molecular flexibility index (Phi) is 5.01. The molecule has 0 aliphatic carbocycles. The summed E-state index contributed by atoms with van der Waals surface area (Å²) in [5.41, 5.74) is 2.61. The van der Waals surface area contributed by atoms with Crippen LogP contribution in [0.4, 0.5) is 4.39 Å². The number of halogens is 1. The summed E-state index contributed by atoms with van der Waals surface area (Å²) in [7, 11) is 0. The third-order valence-electron chi connectivity index (χ3n) is 2.52. The number of fused-ring (bicyclic) bond motifs is 1. The van der Waals surface area contributed by atoms with Crippen molar-refractivity contribution in [3.8, 4) is 0 Å². The van der Waals surface area contributed by atoms with Crippen molar-refractivity contribution >= 4 is 11.0 Å². The molecule has 0 bridgehead atoms. The van der Waals surface area contributed by atoms with Crippen LogP contribution >= 0.6 is 0 Å². The topological polar surface area (TPSA) is 25.8 Å². The second-order valence-electron chi connectivity index (χ2n) is 3.47. The molecule has 2 nitrogen and oxygen atoms in total. The predicted octanol–water partition coefficient (Wildman–Crippen LogP) is 3.92. The van der Waals surface area contributed by atoms with E-state index in [0.29, 0.717) is 23.0 Å². The van der Waals surface area contributed by atoms with Crippen LogP contribution in [0.3, 0.4) is 0 Å². The number of aromatic nitrogens is 2. The Bertz CT molecular complexity index is 495. The summed E-state index contributed by atoms with van der Waals surface area (Å²) in [6, 6.07) is 3.62. The van der Waals surface area contributed by atoms with Crippen LogP contribution in [0.5, 0.6) is 0 Å². The Morgan fingerprint density at radius 3 is 2.41 bits per heavy atom. The van der Waals surface area contributed by atoms with Gasteiger partial charge in [-0.15, -0.1) is 0 Å². The molecule has 1 aromatic carbocycles. The number of benzene rings is 1. The molecule has 1 aromatic heterocycles. The summed E-state index contributed by atoms with van der Waals surface area (Å²) < 4.78 is 13.8. The van der Waals surface area contributed by atoms with E-state index in [1.54, 1.807) is 12.3 Å². The normalized spacial score (nSPS) is 9.94. The lowest BCUT2D eigenvalue weighted by molar-refractivity contribution is 0.620. The van der Waals surface area contributed by atoms with Crippen LogP contribution in [0.25, 0.3) is 11.0 Å². The van der Waals surface area contributed by atoms with Gasteiger partial charge in [-0.25, -0.2) is 14.4 Å². The molecule has 0 unspecified atom stereocenters. The first-order valence-electron chi connectivity index (χ1n) is 6.19. The maximum atomic E-state index is 13.8. The Hall–Kier alpha value is -1.51. The van der Waals surface area contributed by atoms with Gasteiger partial charge in [0.1, 0.15) is 5.52 Å². The van der Waals surface area contributed by atoms with Crippen molar-refractivity contribution in [2.75, 3.05) is 0 Å². The van der Waals surface area contributed by atoms with Crippen LogP contribution in [0.1, 0.15) is 39.0 Å². The summed E-state index contributed by atoms with van der Waals surface area (Å²) in [6.07, 6.45) is 3.14. The van der Waals surface area contributed by atoms with E-state index >= 15 is 0 Å². The zero-order valence-corrected chi connectivity index (χ0v) is 10.9. The first-order valence-corrected chi connectivity index (χ1v) is 6.19. The fourth-order valence-corrected chi connectivity index (χ4v) is 1.58. The van der Waals surface area contributed by atoms with E-state index in [4.69, 9.17) is 0 Å². The van der Waals surface area contributed by atoms with Gasteiger partial charge in [0.25, 0.3) is 0 Å².